The number of nitrogens with zero attached hydrogens (tertiary/aromatic N) is 1. The second-order valence-electron chi connectivity index (χ2n) is 2.83. The lowest BCUT2D eigenvalue weighted by Gasteiger charge is -2.25. The monoisotopic (exact) mass is 181 g/mol. The lowest BCUT2D eigenvalue weighted by Crippen LogP contribution is -2.35. The molecule has 4 heteroatoms. The first-order valence-electron chi connectivity index (χ1n) is 3.88. The van der Waals surface area contributed by atoms with E-state index in [9.17, 15) is 9.18 Å². The minimum absolute atomic E-state index is 0.0928. The van der Waals surface area contributed by atoms with Gasteiger partial charge in [0.05, 0.1) is 5.69 Å². The first-order valence-corrected chi connectivity index (χ1v) is 3.88. The van der Waals surface area contributed by atoms with Gasteiger partial charge in [0.1, 0.15) is 0 Å². The first kappa shape index (κ1) is 8.04. The Bertz CT molecular complexity index is 365. The van der Waals surface area contributed by atoms with E-state index >= 15 is 0 Å². The zero-order chi connectivity index (χ0) is 9.42. The molecular weight excluding hydrogens is 173 g/mol. The number of amides is 1. The quantitative estimate of drug-likeness (QED) is 0.601. The van der Waals surface area contributed by atoms with Gasteiger partial charge >= 0.3 is 0 Å². The van der Waals surface area contributed by atoms with Gasteiger partial charge in [0.2, 0.25) is 0 Å². The molecule has 0 aliphatic carbocycles. The molecular formula is C9H8FNO2. The van der Waals surface area contributed by atoms with E-state index in [4.69, 9.17) is 4.74 Å². The summed E-state index contributed by atoms with van der Waals surface area (Å²) in [6.45, 7) is -0.0928. The Hall–Kier alpha value is -1.58. The average Bonchev–Trinajstić information content (AvgIpc) is 2.12. The van der Waals surface area contributed by atoms with Crippen LogP contribution in [0.2, 0.25) is 0 Å². The number of ether oxygens (including phenoxy) is 1. The highest BCUT2D eigenvalue weighted by Crippen LogP contribution is 2.32. The molecule has 0 saturated heterocycles. The van der Waals surface area contributed by atoms with E-state index in [1.54, 1.807) is 19.2 Å². The third-order valence-corrected chi connectivity index (χ3v) is 2.02. The van der Waals surface area contributed by atoms with Gasteiger partial charge in [-0.15, -0.1) is 0 Å². The smallest absolute Gasteiger partial charge is 0.264 e. The number of para-hydroxylation sites is 1. The van der Waals surface area contributed by atoms with Crippen LogP contribution in [-0.4, -0.2) is 19.6 Å². The lowest BCUT2D eigenvalue weighted by atomic mass is 10.2. The molecule has 1 amide bonds. The summed E-state index contributed by atoms with van der Waals surface area (Å²) in [5.41, 5.74) is 0.483. The van der Waals surface area contributed by atoms with Gasteiger partial charge in [0.25, 0.3) is 5.91 Å². The Labute approximate surface area is 74.7 Å². The zero-order valence-corrected chi connectivity index (χ0v) is 7.08. The Morgan fingerprint density at radius 1 is 1.54 bits per heavy atom. The molecule has 1 aliphatic heterocycles. The molecule has 0 unspecified atom stereocenters. The van der Waals surface area contributed by atoms with Gasteiger partial charge in [-0.1, -0.05) is 6.07 Å². The average molecular weight is 181 g/mol. The van der Waals surface area contributed by atoms with Crippen molar-refractivity contribution in [2.75, 3.05) is 18.6 Å². The van der Waals surface area contributed by atoms with Gasteiger partial charge in [-0.2, -0.15) is 0 Å². The Kier molecular flexibility index (Phi) is 1.69. The molecule has 0 N–H and O–H groups in total. The van der Waals surface area contributed by atoms with Gasteiger partial charge in [-0.25, -0.2) is 4.39 Å². The molecule has 0 saturated carbocycles. The number of rotatable bonds is 0. The van der Waals surface area contributed by atoms with E-state index < -0.39 is 5.82 Å². The van der Waals surface area contributed by atoms with Crippen LogP contribution in [0, 0.1) is 5.82 Å². The third-order valence-electron chi connectivity index (χ3n) is 2.02. The van der Waals surface area contributed by atoms with Crippen molar-refractivity contribution >= 4 is 11.6 Å². The molecule has 68 valence electrons. The lowest BCUT2D eigenvalue weighted by molar-refractivity contribution is -0.121. The van der Waals surface area contributed by atoms with Crippen LogP contribution >= 0.6 is 0 Å². The summed E-state index contributed by atoms with van der Waals surface area (Å²) in [4.78, 5) is 12.5. The van der Waals surface area contributed by atoms with Crippen molar-refractivity contribution < 1.29 is 13.9 Å². The molecule has 0 atom stereocenters. The molecule has 2 rings (SSSR count). The molecule has 3 nitrogen and oxygen atoms in total. The molecule has 1 aromatic rings. The molecule has 1 aromatic carbocycles. The van der Waals surface area contributed by atoms with Crippen molar-refractivity contribution in [3.63, 3.8) is 0 Å². The number of halogens is 1. The Balaban J connectivity index is 2.55. The van der Waals surface area contributed by atoms with Gasteiger partial charge in [-0.05, 0) is 12.1 Å². The van der Waals surface area contributed by atoms with E-state index in [2.05, 4.69) is 0 Å². The largest absolute Gasteiger partial charge is 0.478 e. The number of hydrogen-bond acceptors (Lipinski definition) is 2. The highest BCUT2D eigenvalue weighted by atomic mass is 19.1. The predicted molar refractivity (Wildman–Crippen MR) is 45.3 cm³/mol. The summed E-state index contributed by atoms with van der Waals surface area (Å²) in [7, 11) is 1.60. The maximum atomic E-state index is 13.1. The van der Waals surface area contributed by atoms with Gasteiger partial charge in [0.15, 0.2) is 18.2 Å². The van der Waals surface area contributed by atoms with Crippen molar-refractivity contribution in [1.82, 2.24) is 0 Å². The maximum Gasteiger partial charge on any atom is 0.264 e. The number of benzene rings is 1. The Morgan fingerprint density at radius 3 is 3.08 bits per heavy atom. The molecule has 0 spiro atoms. The van der Waals surface area contributed by atoms with Gasteiger partial charge in [-0.3, -0.25) is 4.79 Å². The van der Waals surface area contributed by atoms with Gasteiger partial charge < -0.3 is 9.64 Å². The Morgan fingerprint density at radius 2 is 2.31 bits per heavy atom. The number of anilines is 1. The van der Waals surface area contributed by atoms with Crippen LogP contribution in [0.15, 0.2) is 18.2 Å². The van der Waals surface area contributed by atoms with E-state index in [1.165, 1.54) is 11.0 Å². The van der Waals surface area contributed by atoms with E-state index in [0.29, 0.717) is 5.69 Å². The number of likely N-dealkylation sites (N-methyl/N-ethyl adjacent to an activating group) is 1. The van der Waals surface area contributed by atoms with E-state index in [1.807, 2.05) is 0 Å². The van der Waals surface area contributed by atoms with Crippen molar-refractivity contribution in [3.8, 4) is 5.75 Å². The first-order chi connectivity index (χ1) is 6.20. The summed E-state index contributed by atoms with van der Waals surface area (Å²) >= 11 is 0. The van der Waals surface area contributed by atoms with Crippen LogP contribution in [0.25, 0.3) is 0 Å². The zero-order valence-electron chi connectivity index (χ0n) is 7.08. The van der Waals surface area contributed by atoms with Crippen LogP contribution < -0.4 is 9.64 Å². The van der Waals surface area contributed by atoms with Crippen LogP contribution in [0.5, 0.6) is 5.75 Å². The minimum atomic E-state index is -0.433. The topological polar surface area (TPSA) is 29.5 Å². The normalized spacial score (nSPS) is 15.2. The predicted octanol–water partition coefficient (Wildman–Crippen LogP) is 1.18. The number of carbonyl (C=O) groups excluding carboxylic acids is 1. The fourth-order valence-corrected chi connectivity index (χ4v) is 1.27. The van der Waals surface area contributed by atoms with Crippen LogP contribution in [-0.2, 0) is 4.79 Å². The molecule has 1 heterocycles. The highest BCUT2D eigenvalue weighted by Gasteiger charge is 2.24. The van der Waals surface area contributed by atoms with Crippen LogP contribution in [0.1, 0.15) is 0 Å². The summed E-state index contributed by atoms with van der Waals surface area (Å²) in [6.07, 6.45) is 0. The number of carbonyl (C=O) groups is 1. The molecule has 1 aliphatic rings. The van der Waals surface area contributed by atoms with Crippen molar-refractivity contribution in [2.24, 2.45) is 0 Å². The van der Waals surface area contributed by atoms with Crippen LogP contribution in [0.3, 0.4) is 0 Å². The second kappa shape index (κ2) is 2.73. The maximum absolute atomic E-state index is 13.1. The fourth-order valence-electron chi connectivity index (χ4n) is 1.27. The van der Waals surface area contributed by atoms with Crippen molar-refractivity contribution in [3.05, 3.63) is 24.0 Å². The molecule has 0 radical (unpaired) electrons. The summed E-state index contributed by atoms with van der Waals surface area (Å²) in [6, 6.07) is 4.50. The van der Waals surface area contributed by atoms with E-state index in [0.717, 1.165) is 0 Å². The van der Waals surface area contributed by atoms with Crippen molar-refractivity contribution in [1.29, 1.82) is 0 Å². The summed E-state index contributed by atoms with van der Waals surface area (Å²) in [5.74, 6) is -0.445. The highest BCUT2D eigenvalue weighted by molar-refractivity contribution is 5.97. The molecule has 0 aromatic heterocycles. The fraction of sp³-hybridized carbons (Fsp3) is 0.222. The molecule has 0 bridgehead atoms. The molecule has 13 heavy (non-hydrogen) atoms. The van der Waals surface area contributed by atoms with Crippen LogP contribution in [0.4, 0.5) is 10.1 Å². The summed E-state index contributed by atoms with van der Waals surface area (Å²) in [5, 5.41) is 0. The SMILES string of the molecule is CN1C(=O)COc2c(F)cccc21. The van der Waals surface area contributed by atoms with Crippen molar-refractivity contribution in [2.45, 2.75) is 0 Å². The van der Waals surface area contributed by atoms with Gasteiger partial charge in [0, 0.05) is 7.05 Å². The minimum Gasteiger partial charge on any atom is -0.478 e. The summed E-state index contributed by atoms with van der Waals surface area (Å²) < 4.78 is 18.1. The number of hydrogen-bond donors (Lipinski definition) is 0. The number of fused-ring (bicyclic) bond motifs is 1. The molecule has 0 fully saturated rings. The second-order valence-corrected chi connectivity index (χ2v) is 2.83. The van der Waals surface area contributed by atoms with E-state index in [-0.39, 0.29) is 18.3 Å². The standard InChI is InChI=1S/C9H8FNO2/c1-11-7-4-2-3-6(10)9(7)13-5-8(11)12/h2-4H,5H2,1H3. The third kappa shape index (κ3) is 1.14.